The quantitative estimate of drug-likeness (QED) is 0.473. The summed E-state index contributed by atoms with van der Waals surface area (Å²) in [5.41, 5.74) is 0. The predicted octanol–water partition coefficient (Wildman–Crippen LogP) is 1.42. The number of unbranched alkanes of at least 4 members (excludes halogenated alkanes) is 1. The molecular weight excluding hydrogens is 280 g/mol. The molecule has 3 nitrogen and oxygen atoms in total. The Hall–Kier alpha value is 0.390. The van der Waals surface area contributed by atoms with E-state index >= 15 is 0 Å². The summed E-state index contributed by atoms with van der Waals surface area (Å²) >= 11 is 6.00. The fraction of sp³-hybridized carbons (Fsp3) is 0.833. The number of carbonyl (C=O) groups is 1. The van der Waals surface area contributed by atoms with E-state index in [1.807, 2.05) is 0 Å². The maximum Gasteiger partial charge on any atom is 0.330 e. The lowest BCUT2D eigenvalue weighted by atomic mass is 10.3. The Kier molecular flexibility index (Phi) is 7.31. The second kappa shape index (κ2) is 7.06. The van der Waals surface area contributed by atoms with Crippen molar-refractivity contribution in [2.75, 3.05) is 13.2 Å². The molecule has 0 aliphatic heterocycles. The van der Waals surface area contributed by atoms with E-state index in [0.29, 0.717) is 19.4 Å². The zero-order valence-electron chi connectivity index (χ0n) is 5.93. The number of alkyl halides is 2. The summed E-state index contributed by atoms with van der Waals surface area (Å²) in [6, 6.07) is 0. The van der Waals surface area contributed by atoms with Gasteiger partial charge in [0.2, 0.25) is 0 Å². The molecule has 0 radical (unpaired) electrons. The van der Waals surface area contributed by atoms with E-state index in [0.717, 1.165) is 0 Å². The van der Waals surface area contributed by atoms with Crippen LogP contribution in [0.5, 0.6) is 0 Å². The normalized spacial score (nSPS) is 10.2. The largest absolute Gasteiger partial charge is 0.464 e. The van der Waals surface area contributed by atoms with Gasteiger partial charge in [-0.3, -0.25) is 0 Å². The number of carbonyl (C=O) groups excluding carboxylic acids is 1. The molecule has 0 saturated heterocycles. The van der Waals surface area contributed by atoms with E-state index in [-0.39, 0.29) is 12.6 Å². The van der Waals surface area contributed by atoms with Gasteiger partial charge in [0.15, 0.2) is 3.74 Å². The van der Waals surface area contributed by atoms with Crippen molar-refractivity contribution in [2.24, 2.45) is 0 Å². The first-order valence-electron chi connectivity index (χ1n) is 3.24. The highest BCUT2D eigenvalue weighted by Gasteiger charge is 2.10. The lowest BCUT2D eigenvalue weighted by Gasteiger charge is -2.03. The zero-order chi connectivity index (χ0) is 8.69. The third-order valence-corrected chi connectivity index (χ3v) is 1.72. The van der Waals surface area contributed by atoms with Gasteiger partial charge in [0.1, 0.15) is 0 Å². The second-order valence-electron chi connectivity index (χ2n) is 1.90. The highest BCUT2D eigenvalue weighted by molar-refractivity contribution is 9.25. The number of halogens is 2. The topological polar surface area (TPSA) is 46.5 Å². The summed E-state index contributed by atoms with van der Waals surface area (Å²) in [5, 5.41) is 8.38. The average molecular weight is 290 g/mol. The number of ether oxygens (including phenoxy) is 1. The monoisotopic (exact) mass is 288 g/mol. The fourth-order valence-corrected chi connectivity index (χ4v) is 0.714. The van der Waals surface area contributed by atoms with Crippen LogP contribution in [0.4, 0.5) is 0 Å². The highest BCUT2D eigenvalue weighted by atomic mass is 79.9. The maximum atomic E-state index is 10.7. The van der Waals surface area contributed by atoms with Crippen molar-refractivity contribution in [3.63, 3.8) is 0 Å². The van der Waals surface area contributed by atoms with Crippen molar-refractivity contribution < 1.29 is 14.6 Å². The van der Waals surface area contributed by atoms with E-state index < -0.39 is 3.74 Å². The van der Waals surface area contributed by atoms with Crippen LogP contribution < -0.4 is 0 Å². The fourth-order valence-electron chi connectivity index (χ4n) is 0.450. The van der Waals surface area contributed by atoms with Gasteiger partial charge in [-0.2, -0.15) is 0 Å². The number of aliphatic hydroxyl groups excluding tert-OH is 1. The molecule has 0 fully saturated rings. The van der Waals surface area contributed by atoms with Gasteiger partial charge in [0, 0.05) is 6.61 Å². The van der Waals surface area contributed by atoms with Crippen molar-refractivity contribution in [2.45, 2.75) is 16.6 Å². The summed E-state index contributed by atoms with van der Waals surface area (Å²) in [6.07, 6.45) is 1.37. The molecule has 0 heterocycles. The molecule has 0 aromatic rings. The summed E-state index contributed by atoms with van der Waals surface area (Å²) in [6.45, 7) is 0.511. The predicted molar refractivity (Wildman–Crippen MR) is 48.9 cm³/mol. The third-order valence-electron chi connectivity index (χ3n) is 0.975. The summed E-state index contributed by atoms with van der Waals surface area (Å²) < 4.78 is 4.33. The zero-order valence-corrected chi connectivity index (χ0v) is 9.10. The highest BCUT2D eigenvalue weighted by Crippen LogP contribution is 2.09. The van der Waals surface area contributed by atoms with Crippen LogP contribution in [0, 0.1) is 0 Å². The Morgan fingerprint density at radius 2 is 2.09 bits per heavy atom. The Morgan fingerprint density at radius 3 is 2.55 bits per heavy atom. The van der Waals surface area contributed by atoms with Crippen LogP contribution in [0.25, 0.3) is 0 Å². The molecule has 0 saturated carbocycles. The Morgan fingerprint density at radius 1 is 1.45 bits per heavy atom. The smallest absolute Gasteiger partial charge is 0.330 e. The van der Waals surface area contributed by atoms with Crippen LogP contribution in [0.15, 0.2) is 0 Å². The molecule has 0 aliphatic carbocycles. The van der Waals surface area contributed by atoms with Gasteiger partial charge >= 0.3 is 5.97 Å². The van der Waals surface area contributed by atoms with Crippen LogP contribution in [0.2, 0.25) is 0 Å². The molecule has 5 heteroatoms. The van der Waals surface area contributed by atoms with Crippen molar-refractivity contribution in [3.8, 4) is 0 Å². The first kappa shape index (κ1) is 11.4. The van der Waals surface area contributed by atoms with Gasteiger partial charge < -0.3 is 9.84 Å². The third kappa shape index (κ3) is 6.77. The molecule has 0 aliphatic rings. The van der Waals surface area contributed by atoms with Gasteiger partial charge in [-0.1, -0.05) is 31.9 Å². The number of rotatable bonds is 5. The minimum absolute atomic E-state index is 0.142. The molecule has 1 N–H and O–H groups in total. The van der Waals surface area contributed by atoms with Crippen molar-refractivity contribution in [1.82, 2.24) is 0 Å². The molecule has 0 unspecified atom stereocenters. The minimum Gasteiger partial charge on any atom is -0.464 e. The van der Waals surface area contributed by atoms with Crippen LogP contribution in [-0.4, -0.2) is 28.0 Å². The van der Waals surface area contributed by atoms with E-state index in [1.165, 1.54) is 0 Å². The van der Waals surface area contributed by atoms with E-state index in [2.05, 4.69) is 31.9 Å². The van der Waals surface area contributed by atoms with Crippen molar-refractivity contribution in [1.29, 1.82) is 0 Å². The summed E-state index contributed by atoms with van der Waals surface area (Å²) in [4.78, 5) is 10.7. The first-order chi connectivity index (χ1) is 5.18. The molecule has 66 valence electrons. The molecule has 0 atom stereocenters. The lowest BCUT2D eigenvalue weighted by molar-refractivity contribution is -0.141. The molecule has 0 bridgehead atoms. The van der Waals surface area contributed by atoms with Crippen molar-refractivity contribution in [3.05, 3.63) is 0 Å². The first-order valence-corrected chi connectivity index (χ1v) is 5.07. The lowest BCUT2D eigenvalue weighted by Crippen LogP contribution is -2.12. The Bertz CT molecular complexity index is 116. The van der Waals surface area contributed by atoms with E-state index in [4.69, 9.17) is 9.84 Å². The standard InChI is InChI=1S/C6H10Br2O3/c7-5(8)6(10)11-4-2-1-3-9/h5,9H,1-4H2. The number of esters is 1. The molecule has 0 amide bonds. The minimum atomic E-state index is -0.427. The van der Waals surface area contributed by atoms with Gasteiger partial charge in [-0.25, -0.2) is 4.79 Å². The number of hydrogen-bond acceptors (Lipinski definition) is 3. The van der Waals surface area contributed by atoms with E-state index in [9.17, 15) is 4.79 Å². The maximum absolute atomic E-state index is 10.7. The van der Waals surface area contributed by atoms with Crippen LogP contribution in [0.3, 0.4) is 0 Å². The summed E-state index contributed by atoms with van der Waals surface area (Å²) in [5.74, 6) is -0.331. The molecule has 0 rings (SSSR count). The van der Waals surface area contributed by atoms with Crippen LogP contribution >= 0.6 is 31.9 Å². The van der Waals surface area contributed by atoms with Gasteiger partial charge in [0.05, 0.1) is 6.61 Å². The summed E-state index contributed by atoms with van der Waals surface area (Å²) in [7, 11) is 0. The molecule has 11 heavy (non-hydrogen) atoms. The van der Waals surface area contributed by atoms with Gasteiger partial charge in [0.25, 0.3) is 0 Å². The van der Waals surface area contributed by atoms with Crippen LogP contribution in [0.1, 0.15) is 12.8 Å². The second-order valence-corrected chi connectivity index (χ2v) is 4.96. The average Bonchev–Trinajstić information content (AvgIpc) is 1.97. The van der Waals surface area contributed by atoms with Crippen LogP contribution in [-0.2, 0) is 9.53 Å². The molecule has 0 aromatic carbocycles. The SMILES string of the molecule is O=C(OCCCCO)C(Br)Br. The molecule has 0 aromatic heterocycles. The van der Waals surface area contributed by atoms with Gasteiger partial charge in [-0.15, -0.1) is 0 Å². The van der Waals surface area contributed by atoms with Crippen molar-refractivity contribution >= 4 is 37.8 Å². The van der Waals surface area contributed by atoms with E-state index in [1.54, 1.807) is 0 Å². The Labute approximate surface area is 82.4 Å². The molecule has 0 spiro atoms. The number of aliphatic hydroxyl groups is 1. The van der Waals surface area contributed by atoms with Gasteiger partial charge in [-0.05, 0) is 12.8 Å². The molecular formula is C6H10Br2O3. The Balaban J connectivity index is 3.18. The number of hydrogen-bond donors (Lipinski definition) is 1.